The van der Waals surface area contributed by atoms with E-state index in [1.54, 1.807) is 7.11 Å². The van der Waals surface area contributed by atoms with Crippen molar-refractivity contribution >= 4 is 5.97 Å². The Labute approximate surface area is 157 Å². The lowest BCUT2D eigenvalue weighted by molar-refractivity contribution is -0.137. The minimum absolute atomic E-state index is 0.0754. The summed E-state index contributed by atoms with van der Waals surface area (Å²) in [5.41, 5.74) is 0. The van der Waals surface area contributed by atoms with Gasteiger partial charge in [0.2, 0.25) is 0 Å². The second kappa shape index (κ2) is 10.7. The second-order valence-electron chi connectivity index (χ2n) is 7.52. The number of hydrogen-bond acceptors (Lipinski definition) is 4. The Morgan fingerprint density at radius 1 is 1.38 bits per heavy atom. The van der Waals surface area contributed by atoms with Gasteiger partial charge in [-0.05, 0) is 25.3 Å². The molecular formula is C21H34O5. The Morgan fingerprint density at radius 3 is 2.88 bits per heavy atom. The molecule has 0 unspecified atom stereocenters. The van der Waals surface area contributed by atoms with Gasteiger partial charge in [-0.1, -0.05) is 38.3 Å². The molecule has 5 atom stereocenters. The molecule has 26 heavy (non-hydrogen) atoms. The molecule has 2 rings (SSSR count). The Hall–Kier alpha value is -1.33. The van der Waals surface area contributed by atoms with Crippen molar-refractivity contribution in [3.8, 4) is 0 Å². The number of fused-ring (bicyclic) bond motifs is 1. The lowest BCUT2D eigenvalue weighted by atomic mass is 9.90. The van der Waals surface area contributed by atoms with Crippen molar-refractivity contribution in [2.24, 2.45) is 11.8 Å². The zero-order valence-electron chi connectivity index (χ0n) is 16.1. The van der Waals surface area contributed by atoms with Crippen LogP contribution in [0.2, 0.25) is 0 Å². The molecule has 0 aromatic carbocycles. The van der Waals surface area contributed by atoms with E-state index in [9.17, 15) is 9.90 Å². The molecule has 148 valence electrons. The van der Waals surface area contributed by atoms with E-state index in [1.165, 1.54) is 12.8 Å². The quantitative estimate of drug-likeness (QED) is 0.426. The average molecular weight is 366 g/mol. The Balaban J connectivity index is 1.86. The number of carboxylic acid groups (broad SMARTS) is 1. The number of ether oxygens (including phenoxy) is 2. The molecule has 0 aromatic rings. The summed E-state index contributed by atoms with van der Waals surface area (Å²) in [4.78, 5) is 10.6. The Bertz CT molecular complexity index is 499. The van der Waals surface area contributed by atoms with Crippen molar-refractivity contribution in [3.05, 3.63) is 24.0 Å². The van der Waals surface area contributed by atoms with Crippen LogP contribution in [0.4, 0.5) is 0 Å². The van der Waals surface area contributed by atoms with Crippen LogP contribution >= 0.6 is 0 Å². The van der Waals surface area contributed by atoms with Gasteiger partial charge < -0.3 is 19.7 Å². The summed E-state index contributed by atoms with van der Waals surface area (Å²) in [6.07, 6.45) is 13.7. The third-order valence-electron chi connectivity index (χ3n) is 5.54. The van der Waals surface area contributed by atoms with Crippen LogP contribution in [0.15, 0.2) is 24.0 Å². The van der Waals surface area contributed by atoms with Gasteiger partial charge in [-0.2, -0.15) is 0 Å². The van der Waals surface area contributed by atoms with Crippen molar-refractivity contribution in [1.29, 1.82) is 0 Å². The van der Waals surface area contributed by atoms with Gasteiger partial charge in [0.15, 0.2) is 0 Å². The van der Waals surface area contributed by atoms with Crippen LogP contribution in [0.5, 0.6) is 0 Å². The maximum atomic E-state index is 10.6. The van der Waals surface area contributed by atoms with E-state index < -0.39 is 5.97 Å². The first-order valence-corrected chi connectivity index (χ1v) is 10.0. The molecular weight excluding hydrogens is 332 g/mol. The first-order chi connectivity index (χ1) is 12.5. The second-order valence-corrected chi connectivity index (χ2v) is 7.52. The van der Waals surface area contributed by atoms with Crippen molar-refractivity contribution in [1.82, 2.24) is 0 Å². The molecule has 2 fully saturated rings. The number of rotatable bonds is 11. The number of aliphatic hydroxyl groups is 1. The molecule has 2 aliphatic rings. The lowest BCUT2D eigenvalue weighted by Crippen LogP contribution is -2.18. The normalized spacial score (nSPS) is 30.7. The first-order valence-electron chi connectivity index (χ1n) is 10.0. The predicted molar refractivity (Wildman–Crippen MR) is 101 cm³/mol. The third-order valence-corrected chi connectivity index (χ3v) is 5.54. The predicted octanol–water partition coefficient (Wildman–Crippen LogP) is 4.06. The lowest BCUT2D eigenvalue weighted by Gasteiger charge is -2.17. The van der Waals surface area contributed by atoms with E-state index in [0.29, 0.717) is 18.8 Å². The Kier molecular flexibility index (Phi) is 8.66. The SMILES string of the molecule is CCCCC[C@@H](C=C[C@@H]1[C@H]2CC(=CCCCC(=O)O)O[C@H]2C[C@H]1O)OC. The van der Waals surface area contributed by atoms with Crippen LogP contribution < -0.4 is 0 Å². The fraction of sp³-hybridized carbons (Fsp3) is 0.762. The van der Waals surface area contributed by atoms with Gasteiger partial charge in [0.25, 0.3) is 0 Å². The molecule has 0 aromatic heterocycles. The van der Waals surface area contributed by atoms with Crippen molar-refractivity contribution in [2.45, 2.75) is 83.0 Å². The molecule has 0 radical (unpaired) electrons. The van der Waals surface area contributed by atoms with E-state index in [-0.39, 0.29) is 30.7 Å². The first kappa shape index (κ1) is 21.0. The third kappa shape index (κ3) is 6.13. The van der Waals surface area contributed by atoms with E-state index in [2.05, 4.69) is 19.1 Å². The highest BCUT2D eigenvalue weighted by Crippen LogP contribution is 2.45. The Morgan fingerprint density at radius 2 is 2.19 bits per heavy atom. The van der Waals surface area contributed by atoms with E-state index in [1.807, 2.05) is 6.08 Å². The van der Waals surface area contributed by atoms with Gasteiger partial charge in [0, 0.05) is 38.2 Å². The van der Waals surface area contributed by atoms with Crippen LogP contribution in [0.3, 0.4) is 0 Å². The van der Waals surface area contributed by atoms with Gasteiger partial charge in [-0.15, -0.1) is 0 Å². The number of methoxy groups -OCH3 is 1. The summed E-state index contributed by atoms with van der Waals surface area (Å²) in [6.45, 7) is 2.19. The molecule has 0 spiro atoms. The molecule has 5 nitrogen and oxygen atoms in total. The highest BCUT2D eigenvalue weighted by atomic mass is 16.5. The number of aliphatic carboxylic acids is 1. The molecule has 2 N–H and O–H groups in total. The summed E-state index contributed by atoms with van der Waals surface area (Å²) in [6, 6.07) is 0. The number of carbonyl (C=O) groups is 1. The molecule has 0 amide bonds. The zero-order chi connectivity index (χ0) is 18.9. The van der Waals surface area contributed by atoms with Gasteiger partial charge in [-0.3, -0.25) is 4.79 Å². The fourth-order valence-electron chi connectivity index (χ4n) is 4.04. The fourth-order valence-corrected chi connectivity index (χ4v) is 4.04. The van der Waals surface area contributed by atoms with Crippen LogP contribution in [-0.4, -0.2) is 41.6 Å². The summed E-state index contributed by atoms with van der Waals surface area (Å²) in [5.74, 6) is 0.614. The van der Waals surface area contributed by atoms with Crippen molar-refractivity contribution < 1.29 is 24.5 Å². The monoisotopic (exact) mass is 366 g/mol. The van der Waals surface area contributed by atoms with Crippen LogP contribution in [-0.2, 0) is 14.3 Å². The van der Waals surface area contributed by atoms with Crippen molar-refractivity contribution in [3.63, 3.8) is 0 Å². The highest BCUT2D eigenvalue weighted by Gasteiger charge is 2.46. The topological polar surface area (TPSA) is 76.0 Å². The van der Waals surface area contributed by atoms with Crippen LogP contribution in [0, 0.1) is 11.8 Å². The molecule has 1 saturated heterocycles. The molecule has 0 bridgehead atoms. The maximum absolute atomic E-state index is 10.6. The number of allylic oxidation sites excluding steroid dienone is 2. The van der Waals surface area contributed by atoms with E-state index in [4.69, 9.17) is 14.6 Å². The molecule has 1 aliphatic heterocycles. The van der Waals surface area contributed by atoms with Gasteiger partial charge in [-0.25, -0.2) is 0 Å². The van der Waals surface area contributed by atoms with Gasteiger partial charge in [0.1, 0.15) is 6.10 Å². The molecule has 5 heteroatoms. The van der Waals surface area contributed by atoms with Crippen molar-refractivity contribution in [2.75, 3.05) is 7.11 Å². The van der Waals surface area contributed by atoms with Crippen LogP contribution in [0.25, 0.3) is 0 Å². The molecule has 1 saturated carbocycles. The minimum atomic E-state index is -0.757. The summed E-state index contributed by atoms with van der Waals surface area (Å²) >= 11 is 0. The number of aliphatic hydroxyl groups excluding tert-OH is 1. The van der Waals surface area contributed by atoms with E-state index >= 15 is 0 Å². The summed E-state index contributed by atoms with van der Waals surface area (Å²) in [5, 5.41) is 19.1. The largest absolute Gasteiger partial charge is 0.495 e. The number of hydrogen-bond donors (Lipinski definition) is 2. The van der Waals surface area contributed by atoms with Gasteiger partial charge >= 0.3 is 5.97 Å². The number of unbranched alkanes of at least 4 members (excludes halogenated alkanes) is 3. The minimum Gasteiger partial charge on any atom is -0.495 e. The number of carboxylic acids is 1. The zero-order valence-corrected chi connectivity index (χ0v) is 16.1. The average Bonchev–Trinajstić information content (AvgIpc) is 3.11. The van der Waals surface area contributed by atoms with Gasteiger partial charge in [0.05, 0.1) is 18.0 Å². The maximum Gasteiger partial charge on any atom is 0.303 e. The van der Waals surface area contributed by atoms with Crippen LogP contribution in [0.1, 0.15) is 64.7 Å². The standard InChI is InChI=1S/C21H34O5/c1-3-4-5-8-15(25-2)11-12-17-18-13-16(9-6-7-10-21(23)24)26-20(18)14-19(17)22/h9,11-12,15,17-20,22H,3-8,10,13-14H2,1-2H3,(H,23,24)/t15-,17+,18+,19+,20-/m0/s1. The van der Waals surface area contributed by atoms with E-state index in [0.717, 1.165) is 31.4 Å². The summed E-state index contributed by atoms with van der Waals surface area (Å²) < 4.78 is 11.5. The smallest absolute Gasteiger partial charge is 0.303 e. The summed E-state index contributed by atoms with van der Waals surface area (Å²) in [7, 11) is 1.74. The molecule has 1 aliphatic carbocycles. The molecule has 1 heterocycles. The highest BCUT2D eigenvalue weighted by molar-refractivity contribution is 5.66.